The quantitative estimate of drug-likeness (QED) is 0.670. The molecule has 2 rings (SSSR count). The summed E-state index contributed by atoms with van der Waals surface area (Å²) in [6.45, 7) is 4.48. The molecule has 1 aromatic carbocycles. The molecular formula is C14H16N4O3. The van der Waals surface area contributed by atoms with Gasteiger partial charge in [0.15, 0.2) is 0 Å². The third kappa shape index (κ3) is 3.25. The van der Waals surface area contributed by atoms with E-state index in [0.29, 0.717) is 17.8 Å². The molecule has 0 spiro atoms. The van der Waals surface area contributed by atoms with E-state index in [4.69, 9.17) is 0 Å². The Labute approximate surface area is 121 Å². The smallest absolute Gasteiger partial charge is 0.347 e. The Bertz CT molecular complexity index is 724. The Balaban J connectivity index is 2.48. The highest BCUT2D eigenvalue weighted by Crippen LogP contribution is 2.28. The summed E-state index contributed by atoms with van der Waals surface area (Å²) in [6, 6.07) is 4.82. The maximum Gasteiger partial charge on any atom is 0.347 e. The SMILES string of the molecule is CCNc1c(Cn2cc(C)cnc2=O)cccc1[N+](=O)[O-]. The Morgan fingerprint density at radius 2 is 2.19 bits per heavy atom. The second-order valence-electron chi connectivity index (χ2n) is 4.64. The van der Waals surface area contributed by atoms with Crippen LogP contribution in [0.25, 0.3) is 0 Å². The molecule has 1 heterocycles. The molecule has 0 radical (unpaired) electrons. The van der Waals surface area contributed by atoms with Gasteiger partial charge in [-0.2, -0.15) is 0 Å². The van der Waals surface area contributed by atoms with E-state index in [1.165, 1.54) is 16.8 Å². The van der Waals surface area contributed by atoms with Crippen molar-refractivity contribution in [2.24, 2.45) is 0 Å². The molecular weight excluding hydrogens is 272 g/mol. The summed E-state index contributed by atoms with van der Waals surface area (Å²) in [5.41, 5.74) is 1.60. The van der Waals surface area contributed by atoms with Crippen LogP contribution in [-0.2, 0) is 6.54 Å². The molecule has 0 aliphatic rings. The lowest BCUT2D eigenvalue weighted by molar-refractivity contribution is -0.384. The van der Waals surface area contributed by atoms with E-state index in [1.807, 2.05) is 13.8 Å². The zero-order chi connectivity index (χ0) is 15.4. The van der Waals surface area contributed by atoms with Crippen molar-refractivity contribution in [2.45, 2.75) is 20.4 Å². The number of aryl methyl sites for hydroxylation is 1. The van der Waals surface area contributed by atoms with E-state index in [0.717, 1.165) is 5.56 Å². The average Bonchev–Trinajstić information content (AvgIpc) is 2.44. The maximum atomic E-state index is 11.8. The first kappa shape index (κ1) is 14.7. The van der Waals surface area contributed by atoms with Gasteiger partial charge in [0.25, 0.3) is 5.69 Å². The third-order valence-electron chi connectivity index (χ3n) is 3.00. The minimum atomic E-state index is -0.432. The maximum absolute atomic E-state index is 11.8. The van der Waals surface area contributed by atoms with Gasteiger partial charge in [-0.1, -0.05) is 12.1 Å². The number of para-hydroxylation sites is 1. The molecule has 0 unspecified atom stereocenters. The van der Waals surface area contributed by atoms with Crippen LogP contribution in [-0.4, -0.2) is 21.0 Å². The van der Waals surface area contributed by atoms with Gasteiger partial charge in [-0.3, -0.25) is 14.7 Å². The Morgan fingerprint density at radius 3 is 2.86 bits per heavy atom. The van der Waals surface area contributed by atoms with Crippen molar-refractivity contribution in [3.8, 4) is 0 Å². The predicted octanol–water partition coefficient (Wildman–Crippen LogP) is 1.94. The highest BCUT2D eigenvalue weighted by Gasteiger charge is 2.17. The molecule has 0 amide bonds. The van der Waals surface area contributed by atoms with Crippen LogP contribution < -0.4 is 11.0 Å². The molecule has 0 saturated carbocycles. The number of benzene rings is 1. The molecule has 0 fully saturated rings. The van der Waals surface area contributed by atoms with E-state index in [1.54, 1.807) is 18.3 Å². The highest BCUT2D eigenvalue weighted by atomic mass is 16.6. The van der Waals surface area contributed by atoms with Crippen LogP contribution in [0.1, 0.15) is 18.1 Å². The van der Waals surface area contributed by atoms with Gasteiger partial charge in [-0.05, 0) is 19.4 Å². The minimum Gasteiger partial charge on any atom is -0.379 e. The van der Waals surface area contributed by atoms with E-state index >= 15 is 0 Å². The van der Waals surface area contributed by atoms with Gasteiger partial charge in [0.2, 0.25) is 0 Å². The number of hydrogen-bond acceptors (Lipinski definition) is 5. The number of nitrogens with one attached hydrogen (secondary N) is 1. The fourth-order valence-electron chi connectivity index (χ4n) is 2.11. The highest BCUT2D eigenvalue weighted by molar-refractivity contribution is 5.66. The molecule has 0 saturated heterocycles. The zero-order valence-electron chi connectivity index (χ0n) is 11.9. The lowest BCUT2D eigenvalue weighted by Gasteiger charge is -2.12. The van der Waals surface area contributed by atoms with Crippen LogP contribution >= 0.6 is 0 Å². The number of nitro groups is 1. The van der Waals surface area contributed by atoms with Crippen LogP contribution in [0.15, 0.2) is 35.4 Å². The first-order valence-corrected chi connectivity index (χ1v) is 6.56. The molecule has 0 atom stereocenters. The lowest BCUT2D eigenvalue weighted by atomic mass is 10.1. The summed E-state index contributed by atoms with van der Waals surface area (Å²) in [4.78, 5) is 26.2. The van der Waals surface area contributed by atoms with Crippen molar-refractivity contribution in [1.82, 2.24) is 9.55 Å². The zero-order valence-corrected chi connectivity index (χ0v) is 11.9. The first-order chi connectivity index (χ1) is 10.0. The van der Waals surface area contributed by atoms with Gasteiger partial charge >= 0.3 is 5.69 Å². The first-order valence-electron chi connectivity index (χ1n) is 6.56. The van der Waals surface area contributed by atoms with Crippen LogP contribution in [0, 0.1) is 17.0 Å². The Morgan fingerprint density at radius 1 is 1.43 bits per heavy atom. The monoisotopic (exact) mass is 288 g/mol. The second kappa shape index (κ2) is 6.17. The molecule has 0 aliphatic heterocycles. The van der Waals surface area contributed by atoms with Gasteiger partial charge < -0.3 is 5.32 Å². The summed E-state index contributed by atoms with van der Waals surface area (Å²) in [7, 11) is 0. The molecule has 1 N–H and O–H groups in total. The van der Waals surface area contributed by atoms with Gasteiger partial charge in [0, 0.05) is 30.6 Å². The normalized spacial score (nSPS) is 10.4. The molecule has 7 heteroatoms. The number of anilines is 1. The summed E-state index contributed by atoms with van der Waals surface area (Å²) in [6.07, 6.45) is 3.18. The molecule has 21 heavy (non-hydrogen) atoms. The van der Waals surface area contributed by atoms with Crippen LogP contribution in [0.5, 0.6) is 0 Å². The fraction of sp³-hybridized carbons (Fsp3) is 0.286. The lowest BCUT2D eigenvalue weighted by Crippen LogP contribution is -2.23. The topological polar surface area (TPSA) is 90.1 Å². The van der Waals surface area contributed by atoms with Gasteiger partial charge in [-0.15, -0.1) is 0 Å². The average molecular weight is 288 g/mol. The van der Waals surface area contributed by atoms with Crippen molar-refractivity contribution in [1.29, 1.82) is 0 Å². The summed E-state index contributed by atoms with van der Waals surface area (Å²) < 4.78 is 1.44. The summed E-state index contributed by atoms with van der Waals surface area (Å²) in [5, 5.41) is 14.1. The van der Waals surface area contributed by atoms with Crippen molar-refractivity contribution < 1.29 is 4.92 Å². The minimum absolute atomic E-state index is 0.00279. The Hall–Kier alpha value is -2.70. The fourth-order valence-corrected chi connectivity index (χ4v) is 2.11. The van der Waals surface area contributed by atoms with E-state index in [2.05, 4.69) is 10.3 Å². The Kier molecular flexibility index (Phi) is 4.32. The molecule has 2 aromatic rings. The molecule has 7 nitrogen and oxygen atoms in total. The van der Waals surface area contributed by atoms with Crippen molar-refractivity contribution in [3.05, 3.63) is 62.3 Å². The molecule has 0 bridgehead atoms. The van der Waals surface area contributed by atoms with Gasteiger partial charge in [0.1, 0.15) is 5.69 Å². The molecule has 0 aliphatic carbocycles. The van der Waals surface area contributed by atoms with E-state index in [-0.39, 0.29) is 17.9 Å². The van der Waals surface area contributed by atoms with Crippen LogP contribution in [0.3, 0.4) is 0 Å². The van der Waals surface area contributed by atoms with E-state index < -0.39 is 4.92 Å². The summed E-state index contributed by atoms with van der Waals surface area (Å²) in [5.74, 6) is 0. The number of nitrogens with zero attached hydrogens (tertiary/aromatic N) is 3. The molecule has 1 aromatic heterocycles. The summed E-state index contributed by atoms with van der Waals surface area (Å²) >= 11 is 0. The van der Waals surface area contributed by atoms with Gasteiger partial charge in [-0.25, -0.2) is 9.78 Å². The third-order valence-corrected chi connectivity index (χ3v) is 3.00. The van der Waals surface area contributed by atoms with Crippen molar-refractivity contribution >= 4 is 11.4 Å². The van der Waals surface area contributed by atoms with Crippen molar-refractivity contribution in [3.63, 3.8) is 0 Å². The van der Waals surface area contributed by atoms with Crippen molar-refractivity contribution in [2.75, 3.05) is 11.9 Å². The largest absolute Gasteiger partial charge is 0.379 e. The van der Waals surface area contributed by atoms with E-state index in [9.17, 15) is 14.9 Å². The standard InChI is InChI=1S/C14H16N4O3/c1-3-15-13-11(5-4-6-12(13)18(20)21)9-17-8-10(2)7-16-14(17)19/h4-8,15H,3,9H2,1-2H3. The molecule has 110 valence electrons. The number of hydrogen-bond donors (Lipinski definition) is 1. The number of aromatic nitrogens is 2. The second-order valence-corrected chi connectivity index (χ2v) is 4.64. The van der Waals surface area contributed by atoms with Crippen LogP contribution in [0.2, 0.25) is 0 Å². The van der Waals surface area contributed by atoms with Crippen LogP contribution in [0.4, 0.5) is 11.4 Å². The number of nitro benzene ring substituents is 1. The van der Waals surface area contributed by atoms with Gasteiger partial charge in [0.05, 0.1) is 11.5 Å². The predicted molar refractivity (Wildman–Crippen MR) is 79.6 cm³/mol. The number of rotatable bonds is 5.